The van der Waals surface area contributed by atoms with Crippen LogP contribution in [0.4, 0.5) is 11.4 Å². The molecular weight excluding hydrogens is 270 g/mol. The van der Waals surface area contributed by atoms with Crippen LogP contribution in [0.5, 0.6) is 0 Å². The molecule has 2 aromatic rings. The van der Waals surface area contributed by atoms with Crippen molar-refractivity contribution in [2.75, 3.05) is 10.6 Å². The quantitative estimate of drug-likeness (QED) is 0.877. The number of thiazole rings is 1. The first-order valence-electron chi connectivity index (χ1n) is 6.62. The Bertz CT molecular complexity index is 566. The Hall–Kier alpha value is -1.88. The van der Waals surface area contributed by atoms with Crippen LogP contribution in [-0.4, -0.2) is 10.9 Å². The molecule has 4 nitrogen and oxygen atoms in total. The fourth-order valence-electron chi connectivity index (χ4n) is 1.73. The average Bonchev–Trinajstić information content (AvgIpc) is 2.92. The summed E-state index contributed by atoms with van der Waals surface area (Å²) in [5.41, 5.74) is 4.62. The predicted molar refractivity (Wildman–Crippen MR) is 84.1 cm³/mol. The van der Waals surface area contributed by atoms with Gasteiger partial charge in [-0.15, -0.1) is 11.3 Å². The lowest BCUT2D eigenvalue weighted by Gasteiger charge is -2.14. The van der Waals surface area contributed by atoms with Gasteiger partial charge in [0, 0.05) is 22.7 Å². The molecule has 1 amide bonds. The molecule has 5 heteroatoms. The van der Waals surface area contributed by atoms with Crippen LogP contribution in [-0.2, 0) is 4.79 Å². The van der Waals surface area contributed by atoms with Gasteiger partial charge in [-0.3, -0.25) is 4.79 Å². The standard InChI is InChI=1S/C15H19N3OS/c1-10(2)15(19)18-13-6-4-5-12(7-13)17-11(3)14-8-20-9-16-14/h4-11,17H,1-3H3,(H,18,19). The minimum atomic E-state index is -0.0273. The second-order valence-corrected chi connectivity index (χ2v) is 5.72. The van der Waals surface area contributed by atoms with Crippen LogP contribution in [0, 0.1) is 5.92 Å². The van der Waals surface area contributed by atoms with Crippen molar-refractivity contribution in [1.82, 2.24) is 4.98 Å². The third-order valence-electron chi connectivity index (χ3n) is 2.93. The minimum Gasteiger partial charge on any atom is -0.377 e. The van der Waals surface area contributed by atoms with E-state index in [0.717, 1.165) is 17.1 Å². The molecule has 106 valence electrons. The third kappa shape index (κ3) is 3.81. The lowest BCUT2D eigenvalue weighted by molar-refractivity contribution is -0.118. The highest BCUT2D eigenvalue weighted by atomic mass is 32.1. The maximum Gasteiger partial charge on any atom is 0.226 e. The van der Waals surface area contributed by atoms with Crippen LogP contribution in [0.1, 0.15) is 32.5 Å². The van der Waals surface area contributed by atoms with E-state index in [1.54, 1.807) is 11.3 Å². The molecule has 1 aromatic carbocycles. The summed E-state index contributed by atoms with van der Waals surface area (Å²) in [4.78, 5) is 16.0. The van der Waals surface area contributed by atoms with Gasteiger partial charge in [-0.05, 0) is 25.1 Å². The molecule has 1 aromatic heterocycles. The summed E-state index contributed by atoms with van der Waals surface area (Å²) in [6.07, 6.45) is 0. The van der Waals surface area contributed by atoms with E-state index >= 15 is 0 Å². The first-order valence-corrected chi connectivity index (χ1v) is 7.56. The Kier molecular flexibility index (Phi) is 4.74. The Balaban J connectivity index is 2.04. The summed E-state index contributed by atoms with van der Waals surface area (Å²) in [7, 11) is 0. The van der Waals surface area contributed by atoms with Gasteiger partial charge in [-0.25, -0.2) is 4.98 Å². The van der Waals surface area contributed by atoms with Gasteiger partial charge < -0.3 is 10.6 Å². The van der Waals surface area contributed by atoms with Gasteiger partial charge in [0.05, 0.1) is 17.2 Å². The lowest BCUT2D eigenvalue weighted by atomic mass is 10.2. The number of hydrogen-bond donors (Lipinski definition) is 2. The highest BCUT2D eigenvalue weighted by molar-refractivity contribution is 7.07. The van der Waals surface area contributed by atoms with Crippen molar-refractivity contribution in [1.29, 1.82) is 0 Å². The predicted octanol–water partition coefficient (Wildman–Crippen LogP) is 3.91. The summed E-state index contributed by atoms with van der Waals surface area (Å²) < 4.78 is 0. The maximum absolute atomic E-state index is 11.7. The molecule has 0 spiro atoms. The average molecular weight is 289 g/mol. The number of amides is 1. The van der Waals surface area contributed by atoms with Crippen molar-refractivity contribution in [3.63, 3.8) is 0 Å². The van der Waals surface area contributed by atoms with Crippen LogP contribution >= 0.6 is 11.3 Å². The zero-order valence-electron chi connectivity index (χ0n) is 11.9. The topological polar surface area (TPSA) is 54.0 Å². The van der Waals surface area contributed by atoms with Gasteiger partial charge in [0.2, 0.25) is 5.91 Å². The van der Waals surface area contributed by atoms with Crippen LogP contribution < -0.4 is 10.6 Å². The molecule has 0 saturated heterocycles. The van der Waals surface area contributed by atoms with Crippen LogP contribution in [0.3, 0.4) is 0 Å². The number of aromatic nitrogens is 1. The Morgan fingerprint density at radius 2 is 2.00 bits per heavy atom. The molecule has 0 radical (unpaired) electrons. The number of nitrogens with zero attached hydrogens (tertiary/aromatic N) is 1. The van der Waals surface area contributed by atoms with E-state index in [1.807, 2.05) is 49.0 Å². The zero-order chi connectivity index (χ0) is 14.5. The highest BCUT2D eigenvalue weighted by Crippen LogP contribution is 2.21. The summed E-state index contributed by atoms with van der Waals surface area (Å²) in [6, 6.07) is 7.86. The number of carbonyl (C=O) groups excluding carboxylic acids is 1. The zero-order valence-corrected chi connectivity index (χ0v) is 12.7. The van der Waals surface area contributed by atoms with Gasteiger partial charge in [-0.1, -0.05) is 19.9 Å². The SMILES string of the molecule is CC(C)C(=O)Nc1cccc(NC(C)c2cscn2)c1. The van der Waals surface area contributed by atoms with Crippen molar-refractivity contribution >= 4 is 28.6 Å². The van der Waals surface area contributed by atoms with Gasteiger partial charge in [-0.2, -0.15) is 0 Å². The van der Waals surface area contributed by atoms with Crippen molar-refractivity contribution < 1.29 is 4.79 Å². The largest absolute Gasteiger partial charge is 0.377 e. The molecule has 0 fully saturated rings. The highest BCUT2D eigenvalue weighted by Gasteiger charge is 2.09. The Labute approximate surface area is 123 Å². The van der Waals surface area contributed by atoms with Crippen molar-refractivity contribution in [3.8, 4) is 0 Å². The number of nitrogens with one attached hydrogen (secondary N) is 2. The van der Waals surface area contributed by atoms with Crippen molar-refractivity contribution in [2.45, 2.75) is 26.8 Å². The summed E-state index contributed by atoms with van der Waals surface area (Å²) in [5.74, 6) is -0.00440. The number of rotatable bonds is 5. The molecule has 20 heavy (non-hydrogen) atoms. The molecule has 0 aliphatic carbocycles. The normalized spacial score (nSPS) is 12.2. The monoisotopic (exact) mass is 289 g/mol. The third-order valence-corrected chi connectivity index (χ3v) is 3.54. The fraction of sp³-hybridized carbons (Fsp3) is 0.333. The first-order chi connectivity index (χ1) is 9.56. The van der Waals surface area contributed by atoms with Crippen molar-refractivity contribution in [2.24, 2.45) is 5.92 Å². The second-order valence-electron chi connectivity index (χ2n) is 5.00. The summed E-state index contributed by atoms with van der Waals surface area (Å²) >= 11 is 1.59. The van der Waals surface area contributed by atoms with Crippen LogP contribution in [0.15, 0.2) is 35.2 Å². The molecule has 1 atom stereocenters. The van der Waals surface area contributed by atoms with E-state index in [4.69, 9.17) is 0 Å². The summed E-state index contributed by atoms with van der Waals surface area (Å²) in [5, 5.41) is 8.31. The maximum atomic E-state index is 11.7. The Morgan fingerprint density at radius 1 is 1.25 bits per heavy atom. The summed E-state index contributed by atoms with van der Waals surface area (Å²) in [6.45, 7) is 5.82. The van der Waals surface area contributed by atoms with Gasteiger partial charge in [0.1, 0.15) is 0 Å². The van der Waals surface area contributed by atoms with Gasteiger partial charge in [0.25, 0.3) is 0 Å². The van der Waals surface area contributed by atoms with Crippen LogP contribution in [0.25, 0.3) is 0 Å². The molecular formula is C15H19N3OS. The Morgan fingerprint density at radius 3 is 2.65 bits per heavy atom. The van der Waals surface area contributed by atoms with Gasteiger partial charge >= 0.3 is 0 Å². The number of anilines is 2. The molecule has 0 bridgehead atoms. The molecule has 0 aliphatic rings. The number of hydrogen-bond acceptors (Lipinski definition) is 4. The fourth-order valence-corrected chi connectivity index (χ4v) is 2.38. The molecule has 2 N–H and O–H groups in total. The van der Waals surface area contributed by atoms with Crippen LogP contribution in [0.2, 0.25) is 0 Å². The molecule has 0 aliphatic heterocycles. The number of carbonyl (C=O) groups is 1. The molecule has 2 rings (SSSR count). The van der Waals surface area contributed by atoms with E-state index in [-0.39, 0.29) is 17.9 Å². The first kappa shape index (κ1) is 14.5. The molecule has 1 unspecified atom stereocenters. The lowest BCUT2D eigenvalue weighted by Crippen LogP contribution is -2.17. The smallest absolute Gasteiger partial charge is 0.226 e. The second kappa shape index (κ2) is 6.52. The van der Waals surface area contributed by atoms with E-state index in [2.05, 4.69) is 22.5 Å². The number of benzene rings is 1. The van der Waals surface area contributed by atoms with E-state index in [1.165, 1.54) is 0 Å². The minimum absolute atomic E-state index is 0.0229. The van der Waals surface area contributed by atoms with E-state index in [0.29, 0.717) is 0 Å². The van der Waals surface area contributed by atoms with E-state index < -0.39 is 0 Å². The van der Waals surface area contributed by atoms with Crippen molar-refractivity contribution in [3.05, 3.63) is 40.8 Å². The van der Waals surface area contributed by atoms with E-state index in [9.17, 15) is 4.79 Å². The van der Waals surface area contributed by atoms with Gasteiger partial charge in [0.15, 0.2) is 0 Å². The molecule has 1 heterocycles. The molecule has 0 saturated carbocycles.